The molecule has 2 aromatic rings. The Kier molecular flexibility index (Phi) is 2.02. The average Bonchev–Trinajstić information content (AvgIpc) is 2.75. The van der Waals surface area contributed by atoms with E-state index in [-0.39, 0.29) is 11.8 Å². The molecular weight excluding hydrogens is 184 g/mol. The van der Waals surface area contributed by atoms with Gasteiger partial charge in [-0.3, -0.25) is 9.89 Å². The zero-order valence-corrected chi connectivity index (χ0v) is 7.44. The number of hydrogen-bond acceptors (Lipinski definition) is 4. The number of oxazole rings is 1. The molecular formula is C8H8N4O2. The standard InChI is InChI=1S/C8H8N4O2/c1-5-2-9-8(14-5)7(13)12-6-3-10-11-4-6/h2-4H,1H3,(H,10,11)(H,12,13). The van der Waals surface area contributed by atoms with Gasteiger partial charge in [0.15, 0.2) is 0 Å². The van der Waals surface area contributed by atoms with Crippen LogP contribution in [-0.2, 0) is 0 Å². The van der Waals surface area contributed by atoms with E-state index in [1.54, 1.807) is 13.1 Å². The van der Waals surface area contributed by atoms with E-state index in [1.165, 1.54) is 12.4 Å². The third-order valence-electron chi connectivity index (χ3n) is 1.57. The molecule has 0 radical (unpaired) electrons. The number of carbonyl (C=O) groups is 1. The summed E-state index contributed by atoms with van der Waals surface area (Å²) in [5, 5.41) is 8.82. The van der Waals surface area contributed by atoms with Crippen LogP contribution in [0.3, 0.4) is 0 Å². The molecule has 0 atom stereocenters. The van der Waals surface area contributed by atoms with Gasteiger partial charge in [-0.2, -0.15) is 5.10 Å². The van der Waals surface area contributed by atoms with Gasteiger partial charge in [-0.15, -0.1) is 0 Å². The van der Waals surface area contributed by atoms with Crippen molar-refractivity contribution in [3.63, 3.8) is 0 Å². The lowest BCUT2D eigenvalue weighted by Gasteiger charge is -1.95. The SMILES string of the molecule is Cc1cnc(C(=O)Nc2cn[nH]c2)o1. The number of amides is 1. The number of carbonyl (C=O) groups excluding carboxylic acids is 1. The molecule has 72 valence electrons. The second-order valence-electron chi connectivity index (χ2n) is 2.72. The van der Waals surface area contributed by atoms with Crippen LogP contribution in [0.15, 0.2) is 23.0 Å². The summed E-state index contributed by atoms with van der Waals surface area (Å²) < 4.78 is 5.04. The molecule has 0 saturated carbocycles. The number of H-pyrrole nitrogens is 1. The van der Waals surface area contributed by atoms with Crippen molar-refractivity contribution >= 4 is 11.6 Å². The number of nitrogens with zero attached hydrogens (tertiary/aromatic N) is 2. The minimum absolute atomic E-state index is 0.0451. The van der Waals surface area contributed by atoms with Crippen LogP contribution in [0.4, 0.5) is 5.69 Å². The van der Waals surface area contributed by atoms with Crippen LogP contribution in [-0.4, -0.2) is 21.1 Å². The lowest BCUT2D eigenvalue weighted by atomic mass is 10.5. The number of rotatable bonds is 2. The summed E-state index contributed by atoms with van der Waals surface area (Å²) in [6.45, 7) is 1.72. The first-order chi connectivity index (χ1) is 6.75. The first kappa shape index (κ1) is 8.49. The molecule has 0 aliphatic carbocycles. The van der Waals surface area contributed by atoms with Crippen LogP contribution < -0.4 is 5.32 Å². The number of nitrogens with one attached hydrogen (secondary N) is 2. The highest BCUT2D eigenvalue weighted by Crippen LogP contribution is 2.06. The van der Waals surface area contributed by atoms with Crippen LogP contribution >= 0.6 is 0 Å². The Bertz CT molecular complexity index is 432. The van der Waals surface area contributed by atoms with Crippen molar-refractivity contribution < 1.29 is 9.21 Å². The van der Waals surface area contributed by atoms with Crippen molar-refractivity contribution in [2.24, 2.45) is 0 Å². The van der Waals surface area contributed by atoms with Crippen LogP contribution in [0.25, 0.3) is 0 Å². The van der Waals surface area contributed by atoms with Gasteiger partial charge in [0.05, 0.1) is 18.1 Å². The van der Waals surface area contributed by atoms with E-state index in [2.05, 4.69) is 20.5 Å². The van der Waals surface area contributed by atoms with Gasteiger partial charge in [-0.1, -0.05) is 0 Å². The van der Waals surface area contributed by atoms with Crippen molar-refractivity contribution in [3.8, 4) is 0 Å². The number of hydrogen-bond donors (Lipinski definition) is 2. The van der Waals surface area contributed by atoms with Gasteiger partial charge < -0.3 is 9.73 Å². The fraction of sp³-hybridized carbons (Fsp3) is 0.125. The second-order valence-corrected chi connectivity index (χ2v) is 2.72. The molecule has 2 rings (SSSR count). The smallest absolute Gasteiger partial charge is 0.311 e. The predicted molar refractivity (Wildman–Crippen MR) is 47.8 cm³/mol. The number of aromatic amines is 1. The van der Waals surface area contributed by atoms with E-state index >= 15 is 0 Å². The summed E-state index contributed by atoms with van der Waals surface area (Å²) >= 11 is 0. The largest absolute Gasteiger partial charge is 0.438 e. The first-order valence-electron chi connectivity index (χ1n) is 3.98. The Labute approximate surface area is 79.3 Å². The molecule has 2 N–H and O–H groups in total. The molecule has 0 aromatic carbocycles. The zero-order chi connectivity index (χ0) is 9.97. The Hall–Kier alpha value is -2.11. The summed E-state index contributed by atoms with van der Waals surface area (Å²) in [4.78, 5) is 15.2. The lowest BCUT2D eigenvalue weighted by molar-refractivity contribution is 0.0989. The Morgan fingerprint density at radius 1 is 1.57 bits per heavy atom. The number of aryl methyl sites for hydroxylation is 1. The maximum absolute atomic E-state index is 11.4. The third-order valence-corrected chi connectivity index (χ3v) is 1.57. The molecule has 14 heavy (non-hydrogen) atoms. The normalized spacial score (nSPS) is 10.1. The summed E-state index contributed by atoms with van der Waals surface area (Å²) in [7, 11) is 0. The minimum Gasteiger partial charge on any atom is -0.438 e. The van der Waals surface area contributed by atoms with Gasteiger partial charge in [0.25, 0.3) is 5.89 Å². The molecule has 6 heteroatoms. The second kappa shape index (κ2) is 3.33. The fourth-order valence-electron chi connectivity index (χ4n) is 0.964. The quantitative estimate of drug-likeness (QED) is 0.742. The van der Waals surface area contributed by atoms with Crippen molar-refractivity contribution in [1.29, 1.82) is 0 Å². The van der Waals surface area contributed by atoms with Crippen LogP contribution in [0, 0.1) is 6.92 Å². The van der Waals surface area contributed by atoms with Crippen LogP contribution in [0.2, 0.25) is 0 Å². The molecule has 0 saturated heterocycles. The average molecular weight is 192 g/mol. The van der Waals surface area contributed by atoms with Crippen LogP contribution in [0.1, 0.15) is 16.4 Å². The minimum atomic E-state index is -0.389. The first-order valence-corrected chi connectivity index (χ1v) is 3.98. The van der Waals surface area contributed by atoms with Gasteiger partial charge in [-0.05, 0) is 6.92 Å². The van der Waals surface area contributed by atoms with Gasteiger partial charge in [0.2, 0.25) is 0 Å². The van der Waals surface area contributed by atoms with E-state index < -0.39 is 0 Å². The van der Waals surface area contributed by atoms with Gasteiger partial charge >= 0.3 is 5.91 Å². The van der Waals surface area contributed by atoms with Crippen molar-refractivity contribution in [3.05, 3.63) is 30.2 Å². The maximum atomic E-state index is 11.4. The molecule has 2 heterocycles. The predicted octanol–water partition coefficient (Wildman–Crippen LogP) is 0.958. The van der Waals surface area contributed by atoms with E-state index in [0.29, 0.717) is 11.4 Å². The fourth-order valence-corrected chi connectivity index (χ4v) is 0.964. The molecule has 0 spiro atoms. The molecule has 1 amide bonds. The Morgan fingerprint density at radius 2 is 2.43 bits per heavy atom. The number of anilines is 1. The molecule has 6 nitrogen and oxygen atoms in total. The zero-order valence-electron chi connectivity index (χ0n) is 7.44. The molecule has 0 fully saturated rings. The topological polar surface area (TPSA) is 83.8 Å². The van der Waals surface area contributed by atoms with Crippen LogP contribution in [0.5, 0.6) is 0 Å². The molecule has 2 aromatic heterocycles. The highest BCUT2D eigenvalue weighted by Gasteiger charge is 2.11. The van der Waals surface area contributed by atoms with Crippen molar-refractivity contribution in [2.45, 2.75) is 6.92 Å². The summed E-state index contributed by atoms with van der Waals surface area (Å²) in [6.07, 6.45) is 4.55. The highest BCUT2D eigenvalue weighted by molar-refractivity contribution is 6.00. The Morgan fingerprint density at radius 3 is 3.00 bits per heavy atom. The van der Waals surface area contributed by atoms with E-state index in [4.69, 9.17) is 4.42 Å². The summed E-state index contributed by atoms with van der Waals surface area (Å²) in [5.74, 6) is 0.255. The van der Waals surface area contributed by atoms with Crippen molar-refractivity contribution in [1.82, 2.24) is 15.2 Å². The van der Waals surface area contributed by atoms with Gasteiger partial charge in [-0.25, -0.2) is 4.98 Å². The van der Waals surface area contributed by atoms with E-state index in [0.717, 1.165) is 0 Å². The highest BCUT2D eigenvalue weighted by atomic mass is 16.4. The summed E-state index contributed by atoms with van der Waals surface area (Å²) in [5.41, 5.74) is 0.575. The van der Waals surface area contributed by atoms with E-state index in [9.17, 15) is 4.79 Å². The van der Waals surface area contributed by atoms with Gasteiger partial charge in [0, 0.05) is 6.20 Å². The summed E-state index contributed by atoms with van der Waals surface area (Å²) in [6, 6.07) is 0. The molecule has 0 aliphatic rings. The molecule has 0 bridgehead atoms. The Balaban J connectivity index is 2.10. The lowest BCUT2D eigenvalue weighted by Crippen LogP contribution is -2.11. The number of aromatic nitrogens is 3. The molecule has 0 unspecified atom stereocenters. The maximum Gasteiger partial charge on any atom is 0.311 e. The third kappa shape index (κ3) is 1.63. The van der Waals surface area contributed by atoms with Crippen molar-refractivity contribution in [2.75, 3.05) is 5.32 Å². The van der Waals surface area contributed by atoms with Gasteiger partial charge in [0.1, 0.15) is 5.76 Å². The molecule has 0 aliphatic heterocycles. The van der Waals surface area contributed by atoms with E-state index in [1.807, 2.05) is 0 Å². The monoisotopic (exact) mass is 192 g/mol.